The molecule has 3 fully saturated rings. The summed E-state index contributed by atoms with van der Waals surface area (Å²) in [6.45, 7) is 1.58. The Balaban J connectivity index is 1.66. The number of anilines is 1. The largest absolute Gasteiger partial charge is 0.477 e. The Morgan fingerprint density at radius 3 is 2.86 bits per heavy atom. The molecule has 0 bridgehead atoms. The van der Waals surface area contributed by atoms with Crippen molar-refractivity contribution in [2.45, 2.75) is 24.4 Å². The van der Waals surface area contributed by atoms with Crippen molar-refractivity contribution in [3.63, 3.8) is 0 Å². The van der Waals surface area contributed by atoms with E-state index < -0.39 is 17.2 Å². The van der Waals surface area contributed by atoms with Crippen LogP contribution >= 0.6 is 0 Å². The number of rotatable bonds is 4. The van der Waals surface area contributed by atoms with Crippen LogP contribution in [0.1, 0.15) is 29.2 Å². The van der Waals surface area contributed by atoms with Crippen molar-refractivity contribution >= 4 is 28.5 Å². The van der Waals surface area contributed by atoms with Gasteiger partial charge in [-0.05, 0) is 18.9 Å². The maximum atomic E-state index is 14.9. The molecule has 2 N–H and O–H groups in total. The lowest BCUT2D eigenvalue weighted by Gasteiger charge is -2.19. The molecule has 1 aliphatic carbocycles. The number of fused-ring (bicyclic) bond motifs is 1. The molecule has 146 valence electrons. The number of hydrogen-bond acceptors (Lipinski definition) is 7. The number of oxime groups is 1. The van der Waals surface area contributed by atoms with E-state index >= 15 is 0 Å². The maximum Gasteiger partial charge on any atom is 0.341 e. The molecule has 4 heterocycles. The smallest absolute Gasteiger partial charge is 0.341 e. The maximum absolute atomic E-state index is 14.9. The van der Waals surface area contributed by atoms with Crippen LogP contribution < -0.4 is 15.6 Å². The number of hydrogen-bond donors (Lipinski definition) is 2. The van der Waals surface area contributed by atoms with Crippen LogP contribution in [0.2, 0.25) is 0 Å². The predicted molar refractivity (Wildman–Crippen MR) is 98.6 cm³/mol. The van der Waals surface area contributed by atoms with Crippen molar-refractivity contribution in [1.29, 1.82) is 0 Å². The Hall–Kier alpha value is -3.01. The number of nitrogens with zero attached hydrogens (tertiary/aromatic N) is 4. The zero-order valence-corrected chi connectivity index (χ0v) is 15.1. The molecule has 0 amide bonds. The van der Waals surface area contributed by atoms with Gasteiger partial charge in [0.2, 0.25) is 5.43 Å². The number of nitrogens with one attached hydrogen (secondary N) is 1. The minimum Gasteiger partial charge on any atom is -0.477 e. The molecule has 28 heavy (non-hydrogen) atoms. The number of carboxylic acids is 1. The molecule has 2 aromatic rings. The average Bonchev–Trinajstić information content (AvgIpc) is 3.55. The van der Waals surface area contributed by atoms with E-state index in [1.807, 2.05) is 0 Å². The van der Waals surface area contributed by atoms with Gasteiger partial charge in [-0.25, -0.2) is 14.2 Å². The second kappa shape index (κ2) is 5.74. The third-order valence-electron chi connectivity index (χ3n) is 5.57. The standard InChI is InChI=1S/C18H18FN5O4/c1-28-22-13-6-23(8-18(13)7-20-18)16-12(19)4-10-14(25)11(17(26)27)5-24(9-2-3-9)15(10)21-16/h4-5,9,20H,2-3,6-8H2,1H3,(H,26,27)/b22-13-. The molecule has 1 spiro atoms. The van der Waals surface area contributed by atoms with E-state index in [1.165, 1.54) is 13.3 Å². The first kappa shape index (κ1) is 17.1. The first-order valence-electron chi connectivity index (χ1n) is 9.03. The molecule has 2 aliphatic heterocycles. The van der Waals surface area contributed by atoms with Crippen molar-refractivity contribution in [1.82, 2.24) is 14.9 Å². The first-order valence-corrected chi connectivity index (χ1v) is 9.03. The summed E-state index contributed by atoms with van der Waals surface area (Å²) in [4.78, 5) is 35.1. The van der Waals surface area contributed by atoms with Gasteiger partial charge < -0.3 is 24.7 Å². The molecule has 2 saturated heterocycles. The highest BCUT2D eigenvalue weighted by Crippen LogP contribution is 2.38. The van der Waals surface area contributed by atoms with Crippen LogP contribution in [0, 0.1) is 5.82 Å². The minimum atomic E-state index is -1.33. The van der Waals surface area contributed by atoms with E-state index in [9.17, 15) is 19.1 Å². The van der Waals surface area contributed by atoms with Gasteiger partial charge in [0.15, 0.2) is 11.6 Å². The molecular weight excluding hydrogens is 369 g/mol. The fourth-order valence-electron chi connectivity index (χ4n) is 3.85. The lowest BCUT2D eigenvalue weighted by molar-refractivity contribution is 0.0695. The zero-order valence-electron chi connectivity index (χ0n) is 15.1. The molecule has 2 aromatic heterocycles. The van der Waals surface area contributed by atoms with Gasteiger partial charge in [-0.2, -0.15) is 0 Å². The second-order valence-corrected chi connectivity index (χ2v) is 7.49. The lowest BCUT2D eigenvalue weighted by atomic mass is 10.1. The summed E-state index contributed by atoms with van der Waals surface area (Å²) >= 11 is 0. The van der Waals surface area contributed by atoms with E-state index in [4.69, 9.17) is 4.84 Å². The molecular formula is C18H18FN5O4. The Kier molecular flexibility index (Phi) is 3.51. The van der Waals surface area contributed by atoms with Crippen LogP contribution in [0.25, 0.3) is 11.0 Å². The zero-order chi connectivity index (χ0) is 19.6. The summed E-state index contributed by atoms with van der Waals surface area (Å²) in [5.74, 6) is -1.87. The fourth-order valence-corrected chi connectivity index (χ4v) is 3.85. The quantitative estimate of drug-likeness (QED) is 0.586. The van der Waals surface area contributed by atoms with Gasteiger partial charge in [0.1, 0.15) is 18.3 Å². The highest BCUT2D eigenvalue weighted by Gasteiger charge is 2.54. The third-order valence-corrected chi connectivity index (χ3v) is 5.57. The molecule has 3 aliphatic rings. The van der Waals surface area contributed by atoms with E-state index in [-0.39, 0.29) is 28.3 Å². The average molecular weight is 387 g/mol. The summed E-state index contributed by atoms with van der Waals surface area (Å²) in [5, 5.41) is 16.6. The predicted octanol–water partition coefficient (Wildman–Crippen LogP) is 0.733. The van der Waals surface area contributed by atoms with Crippen molar-refractivity contribution in [2.75, 3.05) is 31.6 Å². The van der Waals surface area contributed by atoms with Gasteiger partial charge in [0.05, 0.1) is 23.2 Å². The topological polar surface area (TPSA) is 119 Å². The molecule has 1 saturated carbocycles. The van der Waals surface area contributed by atoms with E-state index in [0.29, 0.717) is 18.7 Å². The van der Waals surface area contributed by atoms with Crippen molar-refractivity contribution < 1.29 is 19.1 Å². The summed E-state index contributed by atoms with van der Waals surface area (Å²) in [5.41, 5.74) is -0.325. The minimum absolute atomic E-state index is 0.0164. The third kappa shape index (κ3) is 2.48. The first-order chi connectivity index (χ1) is 13.4. The van der Waals surface area contributed by atoms with Crippen LogP contribution in [-0.4, -0.2) is 58.6 Å². The number of carboxylic acid groups (broad SMARTS) is 1. The highest BCUT2D eigenvalue weighted by atomic mass is 19.1. The number of aromatic nitrogens is 2. The van der Waals surface area contributed by atoms with Gasteiger partial charge in [0.25, 0.3) is 0 Å². The summed E-state index contributed by atoms with van der Waals surface area (Å²) in [6.07, 6.45) is 3.06. The molecule has 10 heteroatoms. The van der Waals surface area contributed by atoms with Crippen LogP contribution in [0.4, 0.5) is 10.2 Å². The Morgan fingerprint density at radius 1 is 1.50 bits per heavy atom. The molecule has 1 unspecified atom stereocenters. The molecule has 0 radical (unpaired) electrons. The SMILES string of the molecule is CO/N=C1/CN(c2nc3c(cc2F)c(=O)c(C(=O)O)cn3C2CC2)CC12CN2. The van der Waals surface area contributed by atoms with Crippen LogP contribution in [0.15, 0.2) is 22.2 Å². The van der Waals surface area contributed by atoms with Crippen molar-refractivity contribution in [3.8, 4) is 0 Å². The number of aromatic carboxylic acids is 1. The van der Waals surface area contributed by atoms with E-state index in [2.05, 4.69) is 15.5 Å². The van der Waals surface area contributed by atoms with Gasteiger partial charge >= 0.3 is 5.97 Å². The van der Waals surface area contributed by atoms with Crippen molar-refractivity contribution in [3.05, 3.63) is 33.9 Å². The second-order valence-electron chi connectivity index (χ2n) is 7.49. The van der Waals surface area contributed by atoms with Crippen LogP contribution in [-0.2, 0) is 4.84 Å². The summed E-state index contributed by atoms with van der Waals surface area (Å²) in [6, 6.07) is 1.18. The van der Waals surface area contributed by atoms with Crippen LogP contribution in [0.5, 0.6) is 0 Å². The Labute approximate surface area is 158 Å². The highest BCUT2D eigenvalue weighted by molar-refractivity contribution is 6.03. The molecule has 0 aromatic carbocycles. The van der Waals surface area contributed by atoms with Gasteiger partial charge in [0, 0.05) is 25.3 Å². The fraction of sp³-hybridized carbons (Fsp3) is 0.444. The monoisotopic (exact) mass is 387 g/mol. The molecule has 9 nitrogen and oxygen atoms in total. The van der Waals surface area contributed by atoms with Crippen LogP contribution in [0.3, 0.4) is 0 Å². The number of carbonyl (C=O) groups is 1. The Bertz CT molecular complexity index is 1100. The summed E-state index contributed by atoms with van der Waals surface area (Å²) < 4.78 is 16.6. The normalized spacial score (nSPS) is 25.1. The molecule has 5 rings (SSSR count). The summed E-state index contributed by atoms with van der Waals surface area (Å²) in [7, 11) is 1.47. The van der Waals surface area contributed by atoms with Gasteiger partial charge in [-0.1, -0.05) is 5.16 Å². The number of pyridine rings is 2. The number of halogens is 1. The van der Waals surface area contributed by atoms with Gasteiger partial charge in [-0.3, -0.25) is 4.79 Å². The van der Waals surface area contributed by atoms with Crippen molar-refractivity contribution in [2.24, 2.45) is 5.16 Å². The molecule has 1 atom stereocenters. The van der Waals surface area contributed by atoms with E-state index in [1.54, 1.807) is 9.47 Å². The van der Waals surface area contributed by atoms with E-state index in [0.717, 1.165) is 31.2 Å². The van der Waals surface area contributed by atoms with Gasteiger partial charge in [-0.15, -0.1) is 0 Å². The Morgan fingerprint density at radius 2 is 2.25 bits per heavy atom. The lowest BCUT2D eigenvalue weighted by Crippen LogP contribution is -2.28.